The number of piperidine rings is 1. The lowest BCUT2D eigenvalue weighted by atomic mass is 9.99. The fourth-order valence-electron chi connectivity index (χ4n) is 4.42. The van der Waals surface area contributed by atoms with E-state index in [0.29, 0.717) is 28.8 Å². The molecule has 168 valence electrons. The normalized spacial score (nSPS) is 16.2. The first-order valence-corrected chi connectivity index (χ1v) is 11.5. The van der Waals surface area contributed by atoms with Gasteiger partial charge in [0.25, 0.3) is 0 Å². The fraction of sp³-hybridized carbons (Fsp3) is 0.385. The Kier molecular flexibility index (Phi) is 6.97. The van der Waals surface area contributed by atoms with E-state index in [0.717, 1.165) is 35.2 Å². The number of halogens is 1. The quantitative estimate of drug-likeness (QED) is 0.474. The monoisotopic (exact) mass is 452 g/mol. The average Bonchev–Trinajstić information content (AvgIpc) is 2.78. The minimum Gasteiger partial charge on any atom is -0.492 e. The second kappa shape index (κ2) is 9.88. The Bertz CT molecular complexity index is 1120. The molecular formula is C26H29ClN2O3. The topological polar surface area (TPSA) is 60.5 Å². The highest BCUT2D eigenvalue weighted by molar-refractivity contribution is 6.34. The van der Waals surface area contributed by atoms with E-state index in [1.165, 1.54) is 37.5 Å². The predicted octanol–water partition coefficient (Wildman–Crippen LogP) is 5.87. The molecule has 1 unspecified atom stereocenters. The summed E-state index contributed by atoms with van der Waals surface area (Å²) in [6, 6.07) is 10.3. The van der Waals surface area contributed by atoms with Gasteiger partial charge in [-0.2, -0.15) is 0 Å². The van der Waals surface area contributed by atoms with Gasteiger partial charge >= 0.3 is 5.97 Å². The lowest BCUT2D eigenvalue weighted by Gasteiger charge is -2.24. The summed E-state index contributed by atoms with van der Waals surface area (Å²) < 4.78 is 11.3. The third-order valence-corrected chi connectivity index (χ3v) is 6.28. The summed E-state index contributed by atoms with van der Waals surface area (Å²) in [6.07, 6.45) is 6.42. The van der Waals surface area contributed by atoms with E-state index in [1.807, 2.05) is 6.20 Å². The molecule has 1 aliphatic rings. The number of nitrogens with one attached hydrogen (secondary N) is 1. The molecule has 0 amide bonds. The van der Waals surface area contributed by atoms with Gasteiger partial charge < -0.3 is 14.8 Å². The molecule has 1 N–H and O–H groups in total. The van der Waals surface area contributed by atoms with Crippen LogP contribution in [0.5, 0.6) is 5.75 Å². The van der Waals surface area contributed by atoms with E-state index in [1.54, 1.807) is 12.1 Å². The number of benzene rings is 2. The number of ether oxygens (including phenoxy) is 2. The maximum Gasteiger partial charge on any atom is 0.339 e. The minimum atomic E-state index is -0.481. The number of fused-ring (bicyclic) bond motifs is 1. The Balaban J connectivity index is 1.79. The van der Waals surface area contributed by atoms with Gasteiger partial charge in [-0.15, -0.1) is 0 Å². The maximum absolute atomic E-state index is 12.3. The molecule has 3 aromatic rings. The van der Waals surface area contributed by atoms with Gasteiger partial charge in [0.1, 0.15) is 5.75 Å². The predicted molar refractivity (Wildman–Crippen MR) is 129 cm³/mol. The molecule has 1 fully saturated rings. The van der Waals surface area contributed by atoms with Gasteiger partial charge in [-0.25, -0.2) is 4.79 Å². The van der Waals surface area contributed by atoms with Crippen molar-refractivity contribution in [3.05, 3.63) is 58.2 Å². The van der Waals surface area contributed by atoms with E-state index < -0.39 is 5.97 Å². The van der Waals surface area contributed by atoms with Gasteiger partial charge in [-0.05, 0) is 57.4 Å². The highest BCUT2D eigenvalue weighted by atomic mass is 35.5. The molecule has 4 rings (SSSR count). The number of carbonyl (C=O) groups is 1. The summed E-state index contributed by atoms with van der Waals surface area (Å²) in [5, 5.41) is 4.64. The molecule has 6 heteroatoms. The summed E-state index contributed by atoms with van der Waals surface area (Å²) in [5.74, 6) is 0.240. The maximum atomic E-state index is 12.3. The zero-order chi connectivity index (χ0) is 22.7. The van der Waals surface area contributed by atoms with Crippen LogP contribution in [0.4, 0.5) is 0 Å². The lowest BCUT2D eigenvalue weighted by Crippen LogP contribution is -2.35. The molecule has 0 radical (unpaired) electrons. The summed E-state index contributed by atoms with van der Waals surface area (Å²) in [4.78, 5) is 16.9. The Hall–Kier alpha value is -2.63. The highest BCUT2D eigenvalue weighted by Crippen LogP contribution is 2.38. The molecule has 2 heterocycles. The van der Waals surface area contributed by atoms with Crippen LogP contribution in [-0.2, 0) is 4.74 Å². The first-order chi connectivity index (χ1) is 15.5. The second-order valence-electron chi connectivity index (χ2n) is 8.50. The van der Waals surface area contributed by atoms with Gasteiger partial charge in [0.05, 0.1) is 29.8 Å². The third kappa shape index (κ3) is 4.89. The fourth-order valence-corrected chi connectivity index (χ4v) is 4.66. The number of aromatic nitrogens is 1. The van der Waals surface area contributed by atoms with Crippen LogP contribution >= 0.6 is 11.6 Å². The van der Waals surface area contributed by atoms with Gasteiger partial charge in [0.15, 0.2) is 0 Å². The van der Waals surface area contributed by atoms with E-state index in [4.69, 9.17) is 21.1 Å². The van der Waals surface area contributed by atoms with E-state index >= 15 is 0 Å². The molecule has 0 aliphatic carbocycles. The van der Waals surface area contributed by atoms with Gasteiger partial charge in [0, 0.05) is 23.2 Å². The molecule has 0 bridgehead atoms. The molecule has 32 heavy (non-hydrogen) atoms. The number of nitrogens with zero attached hydrogens (tertiary/aromatic N) is 1. The van der Waals surface area contributed by atoms with Crippen LogP contribution < -0.4 is 10.1 Å². The SMILES string of the molecule is COC(=O)c1cc2c(OCCC3CCCCN3)c(-c3cc(C)cc(C)c3)cnc2cc1Cl. The van der Waals surface area contributed by atoms with Crippen molar-refractivity contribution in [1.29, 1.82) is 0 Å². The van der Waals surface area contributed by atoms with Crippen molar-refractivity contribution in [3.63, 3.8) is 0 Å². The summed E-state index contributed by atoms with van der Waals surface area (Å²) in [6.45, 7) is 5.80. The first kappa shape index (κ1) is 22.6. The molecule has 1 saturated heterocycles. The van der Waals surface area contributed by atoms with Crippen LogP contribution in [-0.4, -0.2) is 37.3 Å². The van der Waals surface area contributed by atoms with E-state index in [-0.39, 0.29) is 0 Å². The number of esters is 1. The van der Waals surface area contributed by atoms with Crippen molar-refractivity contribution in [2.24, 2.45) is 0 Å². The van der Waals surface area contributed by atoms with Crippen molar-refractivity contribution < 1.29 is 14.3 Å². The molecule has 5 nitrogen and oxygen atoms in total. The molecule has 1 aromatic heterocycles. The summed E-state index contributed by atoms with van der Waals surface area (Å²) in [7, 11) is 1.35. The number of carbonyl (C=O) groups excluding carboxylic acids is 1. The molecule has 0 spiro atoms. The number of aryl methyl sites for hydroxylation is 2. The van der Waals surface area contributed by atoms with Crippen molar-refractivity contribution >= 4 is 28.5 Å². The third-order valence-electron chi connectivity index (χ3n) is 5.97. The van der Waals surface area contributed by atoms with Gasteiger partial charge in [-0.1, -0.05) is 47.3 Å². The van der Waals surface area contributed by atoms with E-state index in [9.17, 15) is 4.79 Å². The van der Waals surface area contributed by atoms with Crippen LogP contribution in [0, 0.1) is 13.8 Å². The summed E-state index contributed by atoms with van der Waals surface area (Å²) in [5.41, 5.74) is 5.27. The molecular weight excluding hydrogens is 424 g/mol. The lowest BCUT2D eigenvalue weighted by molar-refractivity contribution is 0.0601. The van der Waals surface area contributed by atoms with Crippen molar-refractivity contribution in [2.45, 2.75) is 45.6 Å². The highest BCUT2D eigenvalue weighted by Gasteiger charge is 2.19. The number of hydrogen-bond acceptors (Lipinski definition) is 5. The number of methoxy groups -OCH3 is 1. The zero-order valence-electron chi connectivity index (χ0n) is 18.8. The summed E-state index contributed by atoms with van der Waals surface area (Å²) >= 11 is 6.34. The smallest absolute Gasteiger partial charge is 0.339 e. The Morgan fingerprint density at radius 1 is 1.16 bits per heavy atom. The number of hydrogen-bond donors (Lipinski definition) is 1. The number of rotatable bonds is 6. The molecule has 2 aromatic carbocycles. The largest absolute Gasteiger partial charge is 0.492 e. The van der Waals surface area contributed by atoms with Crippen LogP contribution in [0.1, 0.15) is 47.2 Å². The van der Waals surface area contributed by atoms with Crippen LogP contribution in [0.2, 0.25) is 5.02 Å². The number of pyridine rings is 1. The Labute approximate surface area is 194 Å². The molecule has 1 atom stereocenters. The standard InChI is InChI=1S/C26H29ClN2O3/c1-16-10-17(2)12-18(11-16)22-15-29-24-14-23(27)20(26(30)31-3)13-21(24)25(22)32-9-7-19-6-4-5-8-28-19/h10-15,19,28H,4-9H2,1-3H3. The van der Waals surface area contributed by atoms with Crippen molar-refractivity contribution in [2.75, 3.05) is 20.3 Å². The Morgan fingerprint density at radius 3 is 2.62 bits per heavy atom. The molecule has 0 saturated carbocycles. The van der Waals surface area contributed by atoms with Crippen molar-refractivity contribution in [1.82, 2.24) is 10.3 Å². The Morgan fingerprint density at radius 2 is 1.94 bits per heavy atom. The van der Waals surface area contributed by atoms with Gasteiger partial charge in [-0.3, -0.25) is 4.98 Å². The van der Waals surface area contributed by atoms with Crippen molar-refractivity contribution in [3.8, 4) is 16.9 Å². The minimum absolute atomic E-state index is 0.305. The van der Waals surface area contributed by atoms with Crippen LogP contribution in [0.15, 0.2) is 36.5 Å². The molecule has 1 aliphatic heterocycles. The van der Waals surface area contributed by atoms with Crippen LogP contribution in [0.25, 0.3) is 22.0 Å². The average molecular weight is 453 g/mol. The van der Waals surface area contributed by atoms with Gasteiger partial charge in [0.2, 0.25) is 0 Å². The zero-order valence-corrected chi connectivity index (χ0v) is 19.6. The van der Waals surface area contributed by atoms with E-state index in [2.05, 4.69) is 42.3 Å². The van der Waals surface area contributed by atoms with Crippen LogP contribution in [0.3, 0.4) is 0 Å². The second-order valence-corrected chi connectivity index (χ2v) is 8.91. The first-order valence-electron chi connectivity index (χ1n) is 11.1.